The first-order chi connectivity index (χ1) is 28.5. The smallest absolute Gasteiger partial charge is 0.137 e. The van der Waals surface area contributed by atoms with Crippen LogP contribution in [0.15, 0.2) is 128 Å². The third-order valence-corrected chi connectivity index (χ3v) is 11.9. The summed E-state index contributed by atoms with van der Waals surface area (Å²) in [6.07, 6.45) is 1.94. The Kier molecular flexibility index (Phi) is 9.91. The third-order valence-electron chi connectivity index (χ3n) is 11.9. The Labute approximate surface area is 367 Å². The van der Waals surface area contributed by atoms with E-state index in [1.807, 2.05) is 12.3 Å². The van der Waals surface area contributed by atoms with Crippen molar-refractivity contribution in [3.8, 4) is 23.0 Å². The summed E-state index contributed by atoms with van der Waals surface area (Å²) in [5.74, 6) is 2.76. The molecule has 10 rings (SSSR count). The first kappa shape index (κ1) is 39.6. The van der Waals surface area contributed by atoms with E-state index in [-0.39, 0.29) is 26.5 Å². The van der Waals surface area contributed by atoms with Crippen LogP contribution in [0.1, 0.15) is 77.0 Å². The van der Waals surface area contributed by atoms with Gasteiger partial charge in [-0.05, 0) is 65.1 Å². The molecule has 9 aromatic rings. The van der Waals surface area contributed by atoms with Gasteiger partial charge in [0.05, 0.1) is 16.7 Å². The molecule has 0 atom stereocenters. The topological polar surface area (TPSA) is 38.5 Å². The molecule has 0 radical (unpaired) electrons. The molecule has 1 aliphatic heterocycles. The van der Waals surface area contributed by atoms with Gasteiger partial charge in [-0.15, -0.1) is 47.0 Å². The maximum Gasteiger partial charge on any atom is 0.137 e. The summed E-state index contributed by atoms with van der Waals surface area (Å²) in [6.45, 7) is 17.9. The minimum absolute atomic E-state index is 0. The number of para-hydroxylation sites is 5. The van der Waals surface area contributed by atoms with Crippen LogP contribution in [-0.4, -0.2) is 21.2 Å². The molecule has 0 saturated carbocycles. The fourth-order valence-electron chi connectivity index (χ4n) is 8.92. The van der Waals surface area contributed by atoms with Gasteiger partial charge in [0.15, 0.2) is 0 Å². The largest absolute Gasteiger partial charge is 0.509 e. The van der Waals surface area contributed by atoms with Crippen LogP contribution >= 0.6 is 0 Å². The van der Waals surface area contributed by atoms with E-state index in [4.69, 9.17) is 9.72 Å². The van der Waals surface area contributed by atoms with Crippen molar-refractivity contribution in [1.82, 2.24) is 14.1 Å². The zero-order chi connectivity index (χ0) is 40.7. The Hall–Kier alpha value is -5.84. The van der Waals surface area contributed by atoms with E-state index in [2.05, 4.69) is 209 Å². The van der Waals surface area contributed by atoms with Crippen molar-refractivity contribution in [1.29, 1.82) is 0 Å². The number of anilines is 3. The van der Waals surface area contributed by atoms with Gasteiger partial charge in [-0.25, -0.2) is 4.98 Å². The molecule has 4 heterocycles. The number of hydrogen-bond donors (Lipinski definition) is 0. The Morgan fingerprint density at radius 1 is 0.633 bits per heavy atom. The number of aromatic nitrogens is 3. The summed E-state index contributed by atoms with van der Waals surface area (Å²) in [7, 11) is 2.08. The van der Waals surface area contributed by atoms with Gasteiger partial charge in [-0.3, -0.25) is 0 Å². The normalized spacial score (nSPS) is 13.0. The second-order valence-corrected chi connectivity index (χ2v) is 17.5. The zero-order valence-electron chi connectivity index (χ0n) is 35.3. The summed E-state index contributed by atoms with van der Waals surface area (Å²) in [5.41, 5.74) is 12.4. The Balaban J connectivity index is 0.00000462. The molecule has 0 aliphatic carbocycles. The summed E-state index contributed by atoms with van der Waals surface area (Å²) < 4.78 is 11.5. The molecule has 0 saturated heterocycles. The minimum Gasteiger partial charge on any atom is -0.509 e. The van der Waals surface area contributed by atoms with Crippen LogP contribution in [0.5, 0.6) is 11.5 Å². The van der Waals surface area contributed by atoms with E-state index in [0.717, 1.165) is 55.9 Å². The van der Waals surface area contributed by atoms with Gasteiger partial charge >= 0.3 is 0 Å². The van der Waals surface area contributed by atoms with Gasteiger partial charge in [0.2, 0.25) is 0 Å². The molecule has 0 amide bonds. The van der Waals surface area contributed by atoms with Crippen LogP contribution in [-0.2, 0) is 26.5 Å². The summed E-state index contributed by atoms with van der Waals surface area (Å²) in [6, 6.07) is 50.7. The quantitative estimate of drug-likeness (QED) is 0.149. The molecule has 0 spiro atoms. The molecule has 0 bridgehead atoms. The van der Waals surface area contributed by atoms with Gasteiger partial charge in [-0.2, -0.15) is 12.7 Å². The summed E-state index contributed by atoms with van der Waals surface area (Å²) >= 11 is 0. The van der Waals surface area contributed by atoms with E-state index in [0.29, 0.717) is 23.3 Å². The van der Waals surface area contributed by atoms with Crippen LogP contribution < -0.4 is 14.5 Å². The number of fused-ring (bicyclic) bond motifs is 7. The molecule has 6 nitrogen and oxygen atoms in total. The molecule has 0 N–H and O–H groups in total. The molecule has 6 aromatic carbocycles. The molecule has 3 aromatic heterocycles. The summed E-state index contributed by atoms with van der Waals surface area (Å²) in [4.78, 5) is 9.40. The fraction of sp³-hybridized carbons (Fsp3) is 0.208. The van der Waals surface area contributed by atoms with Crippen molar-refractivity contribution in [3.05, 3.63) is 163 Å². The van der Waals surface area contributed by atoms with E-state index in [9.17, 15) is 0 Å². The SMILES string of the molecule is CC(C)c1cccc2c3cccc(C(C)C)c3n(-c3ccnc(-n4c5[c-]c(Oc6[c-]c(N7[CH-]N(C)c8ccccc87)cc(C(C)(C)C)c6)ccc5c5ccccc54)c3)c12.[Pt]. The predicted molar refractivity (Wildman–Crippen MR) is 245 cm³/mol. The average molecular weight is 966 g/mol. The monoisotopic (exact) mass is 965 g/mol. The number of hydrogen-bond acceptors (Lipinski definition) is 4. The first-order valence-corrected chi connectivity index (χ1v) is 20.7. The second-order valence-electron chi connectivity index (χ2n) is 17.5. The van der Waals surface area contributed by atoms with Gasteiger partial charge in [0.25, 0.3) is 0 Å². The maximum atomic E-state index is 6.77. The number of nitrogens with zero attached hydrogens (tertiary/aromatic N) is 5. The van der Waals surface area contributed by atoms with Crippen molar-refractivity contribution in [2.24, 2.45) is 0 Å². The molecule has 1 aliphatic rings. The fourth-order valence-corrected chi connectivity index (χ4v) is 8.92. The average Bonchev–Trinajstić information content (AvgIpc) is 3.87. The van der Waals surface area contributed by atoms with Gasteiger partial charge in [-0.1, -0.05) is 121 Å². The molecule has 304 valence electrons. The van der Waals surface area contributed by atoms with Gasteiger partial charge in [0.1, 0.15) is 5.82 Å². The molecule has 7 heteroatoms. The number of pyridine rings is 1. The first-order valence-electron chi connectivity index (χ1n) is 20.7. The van der Waals surface area contributed by atoms with Crippen LogP contribution in [0, 0.1) is 18.8 Å². The Morgan fingerprint density at radius 3 is 1.97 bits per heavy atom. The number of ether oxygens (including phenoxy) is 1. The molecular weight excluding hydrogens is 918 g/mol. The molecule has 0 unspecified atom stereocenters. The Bertz CT molecular complexity index is 3030. The van der Waals surface area contributed by atoms with Crippen LogP contribution in [0.4, 0.5) is 17.1 Å². The minimum atomic E-state index is -0.119. The van der Waals surface area contributed by atoms with Crippen LogP contribution in [0.2, 0.25) is 0 Å². The van der Waals surface area contributed by atoms with Crippen molar-refractivity contribution < 1.29 is 25.8 Å². The van der Waals surface area contributed by atoms with Crippen molar-refractivity contribution in [2.45, 2.75) is 65.7 Å². The number of benzene rings is 6. The van der Waals surface area contributed by atoms with Crippen molar-refractivity contribution in [3.63, 3.8) is 0 Å². The van der Waals surface area contributed by atoms with Crippen LogP contribution in [0.3, 0.4) is 0 Å². The molecule has 0 fully saturated rings. The van der Waals surface area contributed by atoms with E-state index in [1.165, 1.54) is 32.9 Å². The summed E-state index contributed by atoms with van der Waals surface area (Å²) in [5, 5.41) is 4.76. The standard InChI is InChI=1S/C53H48N5O.Pt/c1-33(2)40-16-13-18-44-45-19-14-17-41(34(3)4)52(45)57(51(40)44)36-25-26-54-50(30-36)58-46-20-10-9-15-42(46)43-24-23-38(31-49(43)58)59-39-28-35(53(5,6)7)27-37(29-39)56-32-55(8)47-21-11-12-22-48(47)56;/h9-28,30,32-34H,1-8H3;/q-3;. The number of rotatable bonds is 7. The van der Waals surface area contributed by atoms with E-state index >= 15 is 0 Å². The van der Waals surface area contributed by atoms with Crippen molar-refractivity contribution >= 4 is 60.7 Å². The van der Waals surface area contributed by atoms with Gasteiger partial charge < -0.3 is 23.7 Å². The van der Waals surface area contributed by atoms with E-state index < -0.39 is 0 Å². The zero-order valence-corrected chi connectivity index (χ0v) is 37.6. The third kappa shape index (κ3) is 6.48. The van der Waals surface area contributed by atoms with Gasteiger partial charge in [0, 0.05) is 72.5 Å². The van der Waals surface area contributed by atoms with E-state index in [1.54, 1.807) is 0 Å². The molecule has 60 heavy (non-hydrogen) atoms. The maximum absolute atomic E-state index is 6.77. The van der Waals surface area contributed by atoms with Crippen LogP contribution in [0.25, 0.3) is 55.1 Å². The predicted octanol–water partition coefficient (Wildman–Crippen LogP) is 13.9. The molecular formula is C53H48N5OPt-3. The Morgan fingerprint density at radius 2 is 1.28 bits per heavy atom. The van der Waals surface area contributed by atoms with Crippen molar-refractivity contribution in [2.75, 3.05) is 16.8 Å². The second kappa shape index (κ2) is 15.0.